The lowest BCUT2D eigenvalue weighted by molar-refractivity contribution is 0.0288. The zero-order valence-electron chi connectivity index (χ0n) is 11.8. The largest absolute Gasteiger partial charge is 0.486 e. The number of nitrogens with zero attached hydrogens (tertiary/aromatic N) is 1. The number of piperidine rings is 1. The molecule has 1 N–H and O–H groups in total. The van der Waals surface area contributed by atoms with Crippen molar-refractivity contribution < 1.29 is 14.6 Å². The number of hydrogen-bond acceptors (Lipinski definition) is 4. The summed E-state index contributed by atoms with van der Waals surface area (Å²) in [7, 11) is 0. The molecular weight excluding hydrogens is 254 g/mol. The molecule has 4 heteroatoms. The van der Waals surface area contributed by atoms with Crippen LogP contribution in [0.15, 0.2) is 24.3 Å². The highest BCUT2D eigenvalue weighted by Gasteiger charge is 2.28. The lowest BCUT2D eigenvalue weighted by atomic mass is 9.99. The monoisotopic (exact) mass is 277 g/mol. The Morgan fingerprint density at radius 2 is 2.05 bits per heavy atom. The molecule has 1 aromatic carbocycles. The Kier molecular flexibility index (Phi) is 4.43. The molecule has 3 rings (SSSR count). The van der Waals surface area contributed by atoms with E-state index in [1.54, 1.807) is 0 Å². The topological polar surface area (TPSA) is 41.9 Å². The van der Waals surface area contributed by atoms with Gasteiger partial charge in [-0.15, -0.1) is 0 Å². The lowest BCUT2D eigenvalue weighted by Gasteiger charge is -2.38. The fraction of sp³-hybridized carbons (Fsp3) is 0.625. The molecule has 1 aromatic rings. The first-order chi connectivity index (χ1) is 9.86. The Bertz CT molecular complexity index is 435. The maximum Gasteiger partial charge on any atom is 0.161 e. The molecule has 110 valence electrons. The number of likely N-dealkylation sites (tertiary alicyclic amines) is 1. The summed E-state index contributed by atoms with van der Waals surface area (Å²) in [6, 6.07) is 8.34. The maximum absolute atomic E-state index is 9.19. The van der Waals surface area contributed by atoms with Crippen molar-refractivity contribution in [1.29, 1.82) is 0 Å². The first-order valence-corrected chi connectivity index (χ1v) is 7.60. The normalized spacial score (nSPS) is 26.4. The summed E-state index contributed by atoms with van der Waals surface area (Å²) in [6.07, 6.45) is 4.65. The predicted octanol–water partition coefficient (Wildman–Crippen LogP) is 2.06. The van der Waals surface area contributed by atoms with Gasteiger partial charge in [-0.3, -0.25) is 4.90 Å². The van der Waals surface area contributed by atoms with E-state index in [0.717, 1.165) is 31.0 Å². The number of para-hydroxylation sites is 2. The smallest absolute Gasteiger partial charge is 0.161 e. The molecule has 2 aliphatic heterocycles. The van der Waals surface area contributed by atoms with Crippen LogP contribution in [0.25, 0.3) is 0 Å². The van der Waals surface area contributed by atoms with E-state index in [9.17, 15) is 5.11 Å². The number of hydrogen-bond donors (Lipinski definition) is 1. The minimum atomic E-state index is 0.0872. The molecule has 0 aromatic heterocycles. The highest BCUT2D eigenvalue weighted by molar-refractivity contribution is 5.40. The van der Waals surface area contributed by atoms with E-state index < -0.39 is 0 Å². The van der Waals surface area contributed by atoms with Gasteiger partial charge in [0.15, 0.2) is 11.5 Å². The van der Waals surface area contributed by atoms with Crippen LogP contribution in [0.5, 0.6) is 11.5 Å². The lowest BCUT2D eigenvalue weighted by Crippen LogP contribution is -2.47. The molecule has 2 atom stereocenters. The summed E-state index contributed by atoms with van der Waals surface area (Å²) in [5.74, 6) is 1.69. The van der Waals surface area contributed by atoms with Crippen molar-refractivity contribution in [2.24, 2.45) is 0 Å². The van der Waals surface area contributed by atoms with Crippen LogP contribution in [0.1, 0.15) is 25.7 Å². The third kappa shape index (κ3) is 3.07. The van der Waals surface area contributed by atoms with E-state index in [1.165, 1.54) is 19.3 Å². The second-order valence-electron chi connectivity index (χ2n) is 5.65. The Balaban J connectivity index is 1.60. The van der Waals surface area contributed by atoms with Crippen LogP contribution in [0.4, 0.5) is 0 Å². The van der Waals surface area contributed by atoms with Crippen LogP contribution in [-0.4, -0.2) is 48.5 Å². The SMILES string of the molecule is OCCC1CCCCN1CC1COc2ccccc2O1. The second-order valence-corrected chi connectivity index (χ2v) is 5.65. The van der Waals surface area contributed by atoms with E-state index in [0.29, 0.717) is 12.6 Å². The molecule has 20 heavy (non-hydrogen) atoms. The first-order valence-electron chi connectivity index (χ1n) is 7.60. The average Bonchev–Trinajstić information content (AvgIpc) is 2.49. The molecule has 0 aliphatic carbocycles. The van der Waals surface area contributed by atoms with Gasteiger partial charge < -0.3 is 14.6 Å². The summed E-state index contributed by atoms with van der Waals surface area (Å²) in [5.41, 5.74) is 0. The van der Waals surface area contributed by atoms with Crippen molar-refractivity contribution >= 4 is 0 Å². The fourth-order valence-electron chi connectivity index (χ4n) is 3.19. The van der Waals surface area contributed by atoms with Gasteiger partial charge >= 0.3 is 0 Å². The standard InChI is InChI=1S/C16H23NO3/c18-10-8-13-5-3-4-9-17(13)11-14-12-19-15-6-1-2-7-16(15)20-14/h1-2,6-7,13-14,18H,3-5,8-12H2. The van der Waals surface area contributed by atoms with Crippen molar-refractivity contribution in [3.05, 3.63) is 24.3 Å². The van der Waals surface area contributed by atoms with E-state index in [4.69, 9.17) is 9.47 Å². The number of benzene rings is 1. The molecule has 0 amide bonds. The molecular formula is C16H23NO3. The summed E-state index contributed by atoms with van der Waals surface area (Å²) < 4.78 is 11.8. The summed E-state index contributed by atoms with van der Waals surface area (Å²) in [5, 5.41) is 9.19. The molecule has 0 radical (unpaired) electrons. The van der Waals surface area contributed by atoms with E-state index in [2.05, 4.69) is 4.90 Å². The highest BCUT2D eigenvalue weighted by Crippen LogP contribution is 2.31. The Labute approximate surface area is 120 Å². The minimum absolute atomic E-state index is 0.0872. The van der Waals surface area contributed by atoms with Crippen molar-refractivity contribution in [3.8, 4) is 11.5 Å². The zero-order valence-corrected chi connectivity index (χ0v) is 11.8. The maximum atomic E-state index is 9.19. The van der Waals surface area contributed by atoms with Crippen LogP contribution < -0.4 is 9.47 Å². The van der Waals surface area contributed by atoms with Crippen LogP contribution in [0, 0.1) is 0 Å². The van der Waals surface area contributed by atoms with Crippen LogP contribution in [0.2, 0.25) is 0 Å². The zero-order chi connectivity index (χ0) is 13.8. The van der Waals surface area contributed by atoms with Gasteiger partial charge in [0.1, 0.15) is 12.7 Å². The summed E-state index contributed by atoms with van der Waals surface area (Å²) in [4.78, 5) is 2.46. The Morgan fingerprint density at radius 1 is 1.20 bits per heavy atom. The van der Waals surface area contributed by atoms with Crippen LogP contribution in [-0.2, 0) is 0 Å². The number of aliphatic hydroxyl groups is 1. The number of fused-ring (bicyclic) bond motifs is 1. The molecule has 2 unspecified atom stereocenters. The molecule has 0 saturated carbocycles. The van der Waals surface area contributed by atoms with Gasteiger partial charge in [0.25, 0.3) is 0 Å². The van der Waals surface area contributed by atoms with Gasteiger partial charge in [-0.2, -0.15) is 0 Å². The summed E-state index contributed by atoms with van der Waals surface area (Å²) >= 11 is 0. The fourth-order valence-corrected chi connectivity index (χ4v) is 3.19. The van der Waals surface area contributed by atoms with Gasteiger partial charge in [-0.05, 0) is 37.9 Å². The molecule has 0 spiro atoms. The highest BCUT2D eigenvalue weighted by atomic mass is 16.6. The predicted molar refractivity (Wildman–Crippen MR) is 77.3 cm³/mol. The molecule has 4 nitrogen and oxygen atoms in total. The van der Waals surface area contributed by atoms with Crippen molar-refractivity contribution in [2.45, 2.75) is 37.8 Å². The van der Waals surface area contributed by atoms with E-state index in [1.807, 2.05) is 24.3 Å². The van der Waals surface area contributed by atoms with Gasteiger partial charge in [-0.25, -0.2) is 0 Å². The van der Waals surface area contributed by atoms with E-state index in [-0.39, 0.29) is 12.7 Å². The van der Waals surface area contributed by atoms with E-state index >= 15 is 0 Å². The second kappa shape index (κ2) is 6.46. The number of aliphatic hydroxyl groups excluding tert-OH is 1. The third-order valence-corrected chi connectivity index (χ3v) is 4.22. The van der Waals surface area contributed by atoms with Crippen molar-refractivity contribution in [2.75, 3.05) is 26.3 Å². The average molecular weight is 277 g/mol. The van der Waals surface area contributed by atoms with Gasteiger partial charge in [0.05, 0.1) is 0 Å². The molecule has 2 aliphatic rings. The number of rotatable bonds is 4. The van der Waals surface area contributed by atoms with Crippen molar-refractivity contribution in [1.82, 2.24) is 4.90 Å². The third-order valence-electron chi connectivity index (χ3n) is 4.22. The molecule has 0 bridgehead atoms. The van der Waals surface area contributed by atoms with Crippen molar-refractivity contribution in [3.63, 3.8) is 0 Å². The number of ether oxygens (including phenoxy) is 2. The summed E-state index contributed by atoms with van der Waals surface area (Å²) in [6.45, 7) is 2.87. The van der Waals surface area contributed by atoms with Crippen LogP contribution in [0.3, 0.4) is 0 Å². The van der Waals surface area contributed by atoms with Gasteiger partial charge in [0, 0.05) is 19.2 Å². The first kappa shape index (κ1) is 13.7. The molecule has 2 heterocycles. The van der Waals surface area contributed by atoms with Gasteiger partial charge in [0.2, 0.25) is 0 Å². The quantitative estimate of drug-likeness (QED) is 0.915. The Morgan fingerprint density at radius 3 is 2.90 bits per heavy atom. The van der Waals surface area contributed by atoms with Gasteiger partial charge in [-0.1, -0.05) is 18.6 Å². The van der Waals surface area contributed by atoms with Crippen LogP contribution >= 0.6 is 0 Å². The Hall–Kier alpha value is -1.26. The molecule has 1 saturated heterocycles. The minimum Gasteiger partial charge on any atom is -0.486 e. The molecule has 1 fully saturated rings.